The van der Waals surface area contributed by atoms with Gasteiger partial charge in [0.05, 0.1) is 6.10 Å². The summed E-state index contributed by atoms with van der Waals surface area (Å²) in [5.74, 6) is 0.788. The molecule has 1 N–H and O–H groups in total. The second-order valence-corrected chi connectivity index (χ2v) is 4.44. The van der Waals surface area contributed by atoms with Crippen LogP contribution < -0.4 is 0 Å². The molecule has 1 fully saturated rings. The van der Waals surface area contributed by atoms with Gasteiger partial charge in [0.25, 0.3) is 0 Å². The van der Waals surface area contributed by atoms with Crippen molar-refractivity contribution in [2.24, 2.45) is 5.92 Å². The highest BCUT2D eigenvalue weighted by molar-refractivity contribution is 4.70. The van der Waals surface area contributed by atoms with Gasteiger partial charge in [0.2, 0.25) is 0 Å². The second-order valence-electron chi connectivity index (χ2n) is 4.44. The largest absolute Gasteiger partial charge is 0.393 e. The minimum atomic E-state index is -0.130. The summed E-state index contributed by atoms with van der Waals surface area (Å²) in [6, 6.07) is 0. The smallest absolute Gasteiger partial charge is 0.0564 e. The first-order valence-corrected chi connectivity index (χ1v) is 6.08. The minimum Gasteiger partial charge on any atom is -0.393 e. The van der Waals surface area contributed by atoms with E-state index in [0.29, 0.717) is 0 Å². The zero-order valence-corrected chi connectivity index (χ0v) is 9.37. The first-order valence-electron chi connectivity index (χ1n) is 6.08. The molecule has 1 aliphatic rings. The fourth-order valence-corrected chi connectivity index (χ4v) is 2.21. The van der Waals surface area contributed by atoms with Crippen LogP contribution in [0, 0.1) is 5.92 Å². The fourth-order valence-electron chi connectivity index (χ4n) is 2.21. The summed E-state index contributed by atoms with van der Waals surface area (Å²) >= 11 is 0. The molecule has 84 valence electrons. The highest BCUT2D eigenvalue weighted by Crippen LogP contribution is 2.29. The highest BCUT2D eigenvalue weighted by Gasteiger charge is 2.18. The summed E-state index contributed by atoms with van der Waals surface area (Å²) in [5, 5.41) is 9.73. The Morgan fingerprint density at radius 3 is 2.64 bits per heavy atom. The van der Waals surface area contributed by atoms with Gasteiger partial charge in [-0.25, -0.2) is 0 Å². The molecule has 0 saturated heterocycles. The molecule has 14 heavy (non-hydrogen) atoms. The van der Waals surface area contributed by atoms with Crippen molar-refractivity contribution >= 4 is 0 Å². The van der Waals surface area contributed by atoms with E-state index in [1.54, 1.807) is 0 Å². The lowest BCUT2D eigenvalue weighted by atomic mass is 9.99. The lowest BCUT2D eigenvalue weighted by molar-refractivity contribution is 0.0703. The molecule has 2 nitrogen and oxygen atoms in total. The van der Waals surface area contributed by atoms with Crippen LogP contribution in [0.4, 0.5) is 0 Å². The van der Waals surface area contributed by atoms with Crippen LogP contribution in [0.3, 0.4) is 0 Å². The quantitative estimate of drug-likeness (QED) is 0.640. The lowest BCUT2D eigenvalue weighted by Gasteiger charge is -2.15. The number of hydrogen-bond acceptors (Lipinski definition) is 2. The monoisotopic (exact) mass is 200 g/mol. The normalized spacial score (nSPS) is 20.1. The van der Waals surface area contributed by atoms with E-state index in [0.717, 1.165) is 38.4 Å². The maximum absolute atomic E-state index is 9.73. The summed E-state index contributed by atoms with van der Waals surface area (Å²) in [5.41, 5.74) is 0. The van der Waals surface area contributed by atoms with Crippen molar-refractivity contribution in [1.82, 2.24) is 0 Å². The third-order valence-electron chi connectivity index (χ3n) is 3.02. The Balaban J connectivity index is 1.95. The predicted molar refractivity (Wildman–Crippen MR) is 58.3 cm³/mol. The number of aliphatic hydroxyl groups excluding tert-OH is 1. The van der Waals surface area contributed by atoms with Crippen LogP contribution in [0.1, 0.15) is 51.9 Å². The highest BCUT2D eigenvalue weighted by atomic mass is 16.5. The number of rotatable bonds is 7. The Kier molecular flexibility index (Phi) is 6.20. The molecular weight excluding hydrogens is 176 g/mol. The average molecular weight is 200 g/mol. The molecule has 1 saturated carbocycles. The number of hydrogen-bond donors (Lipinski definition) is 1. The molecule has 0 amide bonds. The van der Waals surface area contributed by atoms with Gasteiger partial charge < -0.3 is 9.84 Å². The molecule has 1 rings (SSSR count). The molecule has 1 atom stereocenters. The van der Waals surface area contributed by atoms with E-state index in [1.807, 2.05) is 0 Å². The summed E-state index contributed by atoms with van der Waals surface area (Å²) in [4.78, 5) is 0. The van der Waals surface area contributed by atoms with Crippen molar-refractivity contribution in [2.75, 3.05) is 13.2 Å². The standard InChI is InChI=1S/C12H24O2/c1-2-8-14-9-7-12(13)10-11-5-3-4-6-11/h11-13H,2-10H2,1H3. The van der Waals surface area contributed by atoms with Crippen molar-refractivity contribution in [3.8, 4) is 0 Å². The molecule has 1 unspecified atom stereocenters. The Morgan fingerprint density at radius 1 is 1.29 bits per heavy atom. The van der Waals surface area contributed by atoms with E-state index in [2.05, 4.69) is 6.92 Å². The van der Waals surface area contributed by atoms with Crippen molar-refractivity contribution in [1.29, 1.82) is 0 Å². The van der Waals surface area contributed by atoms with Gasteiger partial charge >= 0.3 is 0 Å². The maximum atomic E-state index is 9.73. The summed E-state index contributed by atoms with van der Waals surface area (Å²) in [7, 11) is 0. The van der Waals surface area contributed by atoms with E-state index in [-0.39, 0.29) is 6.10 Å². The minimum absolute atomic E-state index is 0.130. The van der Waals surface area contributed by atoms with Crippen molar-refractivity contribution in [2.45, 2.75) is 58.0 Å². The Hall–Kier alpha value is -0.0800. The Morgan fingerprint density at radius 2 is 2.00 bits per heavy atom. The molecule has 0 aromatic carbocycles. The van der Waals surface area contributed by atoms with Gasteiger partial charge in [-0.3, -0.25) is 0 Å². The van der Waals surface area contributed by atoms with Gasteiger partial charge in [-0.2, -0.15) is 0 Å². The molecule has 0 aromatic heterocycles. The SMILES string of the molecule is CCCOCCC(O)CC1CCCC1. The van der Waals surface area contributed by atoms with Gasteiger partial charge in [-0.15, -0.1) is 0 Å². The molecular formula is C12H24O2. The number of ether oxygens (including phenoxy) is 1. The van der Waals surface area contributed by atoms with Gasteiger partial charge in [0.1, 0.15) is 0 Å². The zero-order chi connectivity index (χ0) is 10.2. The molecule has 0 aromatic rings. The van der Waals surface area contributed by atoms with Gasteiger partial charge in [-0.05, 0) is 25.2 Å². The molecule has 0 spiro atoms. The molecule has 0 heterocycles. The van der Waals surface area contributed by atoms with Gasteiger partial charge in [0.15, 0.2) is 0 Å². The van der Waals surface area contributed by atoms with E-state index in [1.165, 1.54) is 25.7 Å². The first kappa shape index (κ1) is 12.0. The third-order valence-corrected chi connectivity index (χ3v) is 3.02. The van der Waals surface area contributed by atoms with Crippen LogP contribution in [0.2, 0.25) is 0 Å². The second kappa shape index (κ2) is 7.24. The van der Waals surface area contributed by atoms with E-state index < -0.39 is 0 Å². The van der Waals surface area contributed by atoms with E-state index in [9.17, 15) is 5.11 Å². The van der Waals surface area contributed by atoms with Gasteiger partial charge in [-0.1, -0.05) is 32.6 Å². The van der Waals surface area contributed by atoms with E-state index in [4.69, 9.17) is 4.74 Å². The summed E-state index contributed by atoms with van der Waals surface area (Å²) < 4.78 is 5.36. The predicted octanol–water partition coefficient (Wildman–Crippen LogP) is 2.74. The summed E-state index contributed by atoms with van der Waals surface area (Å²) in [6.45, 7) is 3.66. The van der Waals surface area contributed by atoms with Crippen LogP contribution in [0.15, 0.2) is 0 Å². The zero-order valence-electron chi connectivity index (χ0n) is 9.37. The van der Waals surface area contributed by atoms with Crippen LogP contribution in [-0.4, -0.2) is 24.4 Å². The van der Waals surface area contributed by atoms with Crippen molar-refractivity contribution in [3.63, 3.8) is 0 Å². The Bertz CT molecular complexity index is 130. The third kappa shape index (κ3) is 4.97. The average Bonchev–Trinajstić information content (AvgIpc) is 2.65. The van der Waals surface area contributed by atoms with Gasteiger partial charge in [0, 0.05) is 13.2 Å². The summed E-state index contributed by atoms with van der Waals surface area (Å²) in [6.07, 6.45) is 8.13. The molecule has 0 bridgehead atoms. The van der Waals surface area contributed by atoms with Crippen LogP contribution in [0.5, 0.6) is 0 Å². The molecule has 2 heteroatoms. The van der Waals surface area contributed by atoms with Crippen LogP contribution in [-0.2, 0) is 4.74 Å². The van der Waals surface area contributed by atoms with Crippen molar-refractivity contribution < 1.29 is 9.84 Å². The molecule has 0 aliphatic heterocycles. The lowest BCUT2D eigenvalue weighted by Crippen LogP contribution is -2.14. The Labute approximate surface area is 87.7 Å². The number of aliphatic hydroxyl groups is 1. The molecule has 1 aliphatic carbocycles. The van der Waals surface area contributed by atoms with E-state index >= 15 is 0 Å². The topological polar surface area (TPSA) is 29.5 Å². The molecule has 0 radical (unpaired) electrons. The maximum Gasteiger partial charge on any atom is 0.0564 e. The van der Waals surface area contributed by atoms with Crippen molar-refractivity contribution in [3.05, 3.63) is 0 Å². The fraction of sp³-hybridized carbons (Fsp3) is 1.00. The first-order chi connectivity index (χ1) is 6.83. The van der Waals surface area contributed by atoms with Crippen LogP contribution >= 0.6 is 0 Å². The van der Waals surface area contributed by atoms with Crippen LogP contribution in [0.25, 0.3) is 0 Å².